The minimum Gasteiger partial charge on any atom is -0.497 e. The van der Waals surface area contributed by atoms with Gasteiger partial charge in [0.05, 0.1) is 18.4 Å². The number of ether oxygens (including phenoxy) is 1. The molecular formula is C16H21NO3. The first-order valence-electron chi connectivity index (χ1n) is 7.34. The average molecular weight is 275 g/mol. The van der Waals surface area contributed by atoms with E-state index in [-0.39, 0.29) is 0 Å². The van der Waals surface area contributed by atoms with Gasteiger partial charge in [-0.05, 0) is 55.6 Å². The second-order valence-corrected chi connectivity index (χ2v) is 5.94. The minimum atomic E-state index is -0.899. The van der Waals surface area contributed by atoms with Crippen LogP contribution >= 0.6 is 0 Å². The summed E-state index contributed by atoms with van der Waals surface area (Å²) in [7, 11) is 1.59. The van der Waals surface area contributed by atoms with Gasteiger partial charge in [0.2, 0.25) is 0 Å². The van der Waals surface area contributed by atoms with Gasteiger partial charge in [-0.15, -0.1) is 0 Å². The van der Waals surface area contributed by atoms with Crippen LogP contribution in [0.1, 0.15) is 36.0 Å². The largest absolute Gasteiger partial charge is 0.497 e. The molecule has 2 aliphatic carbocycles. The van der Waals surface area contributed by atoms with E-state index in [1.54, 1.807) is 25.3 Å². The van der Waals surface area contributed by atoms with Gasteiger partial charge in [-0.3, -0.25) is 0 Å². The number of hydrogen-bond acceptors (Lipinski definition) is 3. The summed E-state index contributed by atoms with van der Waals surface area (Å²) in [6, 6.07) is 5.07. The molecule has 0 heterocycles. The summed E-state index contributed by atoms with van der Waals surface area (Å²) in [4.78, 5) is 11.3. The van der Waals surface area contributed by atoms with Crippen molar-refractivity contribution in [3.8, 4) is 5.75 Å². The molecule has 0 aliphatic heterocycles. The van der Waals surface area contributed by atoms with Crippen molar-refractivity contribution in [2.24, 2.45) is 17.8 Å². The Labute approximate surface area is 119 Å². The van der Waals surface area contributed by atoms with E-state index in [1.807, 2.05) is 0 Å². The van der Waals surface area contributed by atoms with Gasteiger partial charge >= 0.3 is 5.97 Å². The van der Waals surface area contributed by atoms with Crippen molar-refractivity contribution in [3.63, 3.8) is 0 Å². The Morgan fingerprint density at radius 3 is 2.50 bits per heavy atom. The molecule has 20 heavy (non-hydrogen) atoms. The second-order valence-electron chi connectivity index (χ2n) is 5.94. The molecule has 0 aromatic heterocycles. The summed E-state index contributed by atoms with van der Waals surface area (Å²) in [5.74, 6) is 2.21. The molecular weight excluding hydrogens is 254 g/mol. The Morgan fingerprint density at radius 1 is 1.35 bits per heavy atom. The quantitative estimate of drug-likeness (QED) is 0.802. The van der Waals surface area contributed by atoms with Crippen LogP contribution in [-0.4, -0.2) is 24.7 Å². The molecule has 0 amide bonds. The number of methoxy groups -OCH3 is 1. The number of rotatable bonds is 7. The van der Waals surface area contributed by atoms with Crippen molar-refractivity contribution in [2.75, 3.05) is 19.0 Å². The van der Waals surface area contributed by atoms with Crippen LogP contribution in [0.15, 0.2) is 18.2 Å². The van der Waals surface area contributed by atoms with Crippen molar-refractivity contribution < 1.29 is 14.6 Å². The zero-order chi connectivity index (χ0) is 14.1. The monoisotopic (exact) mass is 275 g/mol. The summed E-state index contributed by atoms with van der Waals surface area (Å²) in [6.07, 6.45) is 5.36. The Hall–Kier alpha value is -1.71. The topological polar surface area (TPSA) is 58.6 Å². The molecule has 3 rings (SSSR count). The second kappa shape index (κ2) is 5.35. The van der Waals surface area contributed by atoms with Gasteiger partial charge < -0.3 is 15.2 Å². The number of carbonyl (C=O) groups is 1. The number of aromatic carboxylic acids is 1. The van der Waals surface area contributed by atoms with E-state index in [1.165, 1.54) is 25.7 Å². The van der Waals surface area contributed by atoms with Crippen LogP contribution < -0.4 is 10.1 Å². The lowest BCUT2D eigenvalue weighted by atomic mass is 9.97. The van der Waals surface area contributed by atoms with E-state index < -0.39 is 5.97 Å². The van der Waals surface area contributed by atoms with Crippen LogP contribution in [0.3, 0.4) is 0 Å². The smallest absolute Gasteiger partial charge is 0.337 e. The summed E-state index contributed by atoms with van der Waals surface area (Å²) in [5, 5.41) is 12.6. The molecule has 4 nitrogen and oxygen atoms in total. The zero-order valence-corrected chi connectivity index (χ0v) is 11.8. The Kier molecular flexibility index (Phi) is 3.55. The van der Waals surface area contributed by atoms with E-state index in [0.29, 0.717) is 22.9 Å². The number of hydrogen-bond donors (Lipinski definition) is 2. The van der Waals surface area contributed by atoms with Crippen molar-refractivity contribution in [2.45, 2.75) is 25.7 Å². The minimum absolute atomic E-state index is 0.316. The highest BCUT2D eigenvalue weighted by Crippen LogP contribution is 2.49. The van der Waals surface area contributed by atoms with Crippen molar-refractivity contribution in [3.05, 3.63) is 23.8 Å². The molecule has 0 bridgehead atoms. The molecule has 0 spiro atoms. The van der Waals surface area contributed by atoms with Crippen LogP contribution in [0.4, 0.5) is 5.69 Å². The van der Waals surface area contributed by atoms with Gasteiger partial charge in [-0.1, -0.05) is 0 Å². The molecule has 0 saturated heterocycles. The third-order valence-electron chi connectivity index (χ3n) is 4.44. The summed E-state index contributed by atoms with van der Waals surface area (Å²) < 4.78 is 5.18. The predicted molar refractivity (Wildman–Crippen MR) is 77.4 cm³/mol. The highest BCUT2D eigenvalue weighted by molar-refractivity contribution is 5.94. The first kappa shape index (κ1) is 13.3. The van der Waals surface area contributed by atoms with Crippen LogP contribution in [0.2, 0.25) is 0 Å². The first-order valence-corrected chi connectivity index (χ1v) is 7.34. The number of anilines is 1. The molecule has 1 aromatic rings. The van der Waals surface area contributed by atoms with Crippen molar-refractivity contribution >= 4 is 11.7 Å². The van der Waals surface area contributed by atoms with Gasteiger partial charge in [-0.2, -0.15) is 0 Å². The van der Waals surface area contributed by atoms with Gasteiger partial charge in [0.25, 0.3) is 0 Å². The Balaban J connectivity index is 1.72. The van der Waals surface area contributed by atoms with Crippen LogP contribution in [-0.2, 0) is 0 Å². The normalized spacial score (nSPS) is 18.1. The highest BCUT2D eigenvalue weighted by atomic mass is 16.5. The number of benzene rings is 1. The fourth-order valence-electron chi connectivity index (χ4n) is 2.98. The maximum atomic E-state index is 11.3. The predicted octanol–water partition coefficient (Wildman–Crippen LogP) is 3.24. The van der Waals surface area contributed by atoms with Gasteiger partial charge in [0.15, 0.2) is 0 Å². The summed E-state index contributed by atoms with van der Waals surface area (Å²) in [5.41, 5.74) is 0.985. The lowest BCUT2D eigenvalue weighted by Gasteiger charge is -2.18. The van der Waals surface area contributed by atoms with Gasteiger partial charge in [0, 0.05) is 12.6 Å². The molecule has 2 saturated carbocycles. The molecule has 1 aromatic carbocycles. The van der Waals surface area contributed by atoms with E-state index in [0.717, 1.165) is 18.4 Å². The number of carboxylic acid groups (broad SMARTS) is 1. The van der Waals surface area contributed by atoms with Crippen molar-refractivity contribution in [1.82, 2.24) is 0 Å². The maximum Gasteiger partial charge on any atom is 0.337 e. The maximum absolute atomic E-state index is 11.3. The molecule has 2 N–H and O–H groups in total. The van der Waals surface area contributed by atoms with Crippen molar-refractivity contribution in [1.29, 1.82) is 0 Å². The average Bonchev–Trinajstić information content (AvgIpc) is 3.31. The highest BCUT2D eigenvalue weighted by Gasteiger charge is 2.41. The summed E-state index contributed by atoms with van der Waals surface area (Å²) in [6.45, 7) is 0.878. The molecule has 4 heteroatoms. The number of carboxylic acids is 1. The first-order chi connectivity index (χ1) is 9.69. The number of nitrogens with one attached hydrogen (secondary N) is 1. The Bertz CT molecular complexity index is 494. The fourth-order valence-corrected chi connectivity index (χ4v) is 2.98. The summed E-state index contributed by atoms with van der Waals surface area (Å²) >= 11 is 0. The van der Waals surface area contributed by atoms with Crippen LogP contribution in [0.25, 0.3) is 0 Å². The van der Waals surface area contributed by atoms with Crippen LogP contribution in [0, 0.1) is 17.8 Å². The SMILES string of the molecule is COc1ccc(C(=O)O)c(NCC(C2CC2)C2CC2)c1. The third kappa shape index (κ3) is 2.89. The van der Waals surface area contributed by atoms with Gasteiger partial charge in [-0.25, -0.2) is 4.79 Å². The molecule has 0 unspecified atom stereocenters. The van der Waals surface area contributed by atoms with E-state index in [2.05, 4.69) is 5.32 Å². The molecule has 2 fully saturated rings. The zero-order valence-electron chi connectivity index (χ0n) is 11.8. The van der Waals surface area contributed by atoms with E-state index in [4.69, 9.17) is 4.74 Å². The van der Waals surface area contributed by atoms with Gasteiger partial charge in [0.1, 0.15) is 5.75 Å². The van der Waals surface area contributed by atoms with E-state index >= 15 is 0 Å². The molecule has 2 aliphatic rings. The van der Waals surface area contributed by atoms with E-state index in [9.17, 15) is 9.90 Å². The standard InChI is InChI=1S/C16H21NO3/c1-20-12-6-7-13(16(18)19)15(8-12)17-9-14(10-2-3-10)11-4-5-11/h6-8,10-11,14,17H,2-5,9H2,1H3,(H,18,19). The molecule has 108 valence electrons. The fraction of sp³-hybridized carbons (Fsp3) is 0.562. The lowest BCUT2D eigenvalue weighted by molar-refractivity contribution is 0.0698. The van der Waals surface area contributed by atoms with Crippen LogP contribution in [0.5, 0.6) is 5.75 Å². The third-order valence-corrected chi connectivity index (χ3v) is 4.44. The molecule has 0 atom stereocenters. The Morgan fingerprint density at radius 2 is 2.00 bits per heavy atom. The molecule has 0 radical (unpaired) electrons. The lowest BCUT2D eigenvalue weighted by Crippen LogP contribution is -2.19.